The van der Waals surface area contributed by atoms with E-state index in [-0.39, 0.29) is 42.4 Å². The van der Waals surface area contributed by atoms with E-state index in [0.717, 1.165) is 6.54 Å². The van der Waals surface area contributed by atoms with Gasteiger partial charge in [0.25, 0.3) is 5.91 Å². The maximum absolute atomic E-state index is 13.8. The lowest BCUT2D eigenvalue weighted by molar-refractivity contribution is -0.122. The van der Waals surface area contributed by atoms with Crippen molar-refractivity contribution in [1.82, 2.24) is 9.80 Å². The van der Waals surface area contributed by atoms with Crippen molar-refractivity contribution in [1.29, 1.82) is 0 Å². The zero-order chi connectivity index (χ0) is 30.3. The number of carbonyl (C=O) groups is 2. The molecule has 2 amide bonds. The highest BCUT2D eigenvalue weighted by Crippen LogP contribution is 2.35. The van der Waals surface area contributed by atoms with Crippen molar-refractivity contribution >= 4 is 17.5 Å². The molecule has 2 N–H and O–H groups in total. The highest BCUT2D eigenvalue weighted by Gasteiger charge is 2.35. The molecule has 3 atom stereocenters. The van der Waals surface area contributed by atoms with Crippen molar-refractivity contribution < 1.29 is 24.2 Å². The van der Waals surface area contributed by atoms with Crippen LogP contribution in [-0.2, 0) is 16.1 Å². The number of aliphatic hydroxyl groups excluding tert-OH is 1. The smallest absolute Gasteiger partial charge is 0.258 e. The Labute approximate surface area is 254 Å². The minimum atomic E-state index is -0.358. The first kappa shape index (κ1) is 30.7. The Morgan fingerprint density at radius 2 is 1.72 bits per heavy atom. The van der Waals surface area contributed by atoms with Crippen molar-refractivity contribution in [3.8, 4) is 16.9 Å². The van der Waals surface area contributed by atoms with Gasteiger partial charge in [-0.15, -0.1) is 0 Å². The highest BCUT2D eigenvalue weighted by molar-refractivity contribution is 6.02. The summed E-state index contributed by atoms with van der Waals surface area (Å²) in [4.78, 5) is 30.9. The third-order valence-electron chi connectivity index (χ3n) is 8.55. The van der Waals surface area contributed by atoms with Crippen LogP contribution >= 0.6 is 0 Å². The summed E-state index contributed by atoms with van der Waals surface area (Å²) in [7, 11) is 2.07. The molecule has 0 aliphatic carbocycles. The molecule has 1 saturated heterocycles. The number of hydrogen-bond acceptors (Lipinski definition) is 6. The van der Waals surface area contributed by atoms with Crippen molar-refractivity contribution in [2.75, 3.05) is 45.3 Å². The number of carbonyl (C=O) groups excluding carboxylic acids is 2. The van der Waals surface area contributed by atoms with Crippen molar-refractivity contribution in [3.63, 3.8) is 0 Å². The summed E-state index contributed by atoms with van der Waals surface area (Å²) in [5, 5.41) is 13.0. The van der Waals surface area contributed by atoms with Gasteiger partial charge in [-0.25, -0.2) is 0 Å². The Kier molecular flexibility index (Phi) is 10.1. The van der Waals surface area contributed by atoms with Crippen LogP contribution in [0.15, 0.2) is 72.8 Å². The first-order chi connectivity index (χ1) is 20.8. The number of anilines is 1. The third kappa shape index (κ3) is 7.44. The van der Waals surface area contributed by atoms with Crippen molar-refractivity contribution in [2.45, 2.75) is 45.4 Å². The summed E-state index contributed by atoms with van der Waals surface area (Å²) in [5.41, 5.74) is 4.45. The summed E-state index contributed by atoms with van der Waals surface area (Å²) < 4.78 is 12.1. The first-order valence-corrected chi connectivity index (χ1v) is 15.3. The first-order valence-electron chi connectivity index (χ1n) is 15.3. The quantitative estimate of drug-likeness (QED) is 0.365. The van der Waals surface area contributed by atoms with Gasteiger partial charge in [-0.05, 0) is 55.6 Å². The van der Waals surface area contributed by atoms with E-state index < -0.39 is 0 Å². The van der Waals surface area contributed by atoms with E-state index in [1.165, 1.54) is 16.7 Å². The van der Waals surface area contributed by atoms with Crippen LogP contribution in [0.1, 0.15) is 42.6 Å². The fourth-order valence-electron chi connectivity index (χ4n) is 5.87. The molecule has 3 aromatic carbocycles. The molecule has 3 aromatic rings. The average Bonchev–Trinajstić information content (AvgIpc) is 3.03. The van der Waals surface area contributed by atoms with Gasteiger partial charge in [-0.2, -0.15) is 0 Å². The van der Waals surface area contributed by atoms with Gasteiger partial charge >= 0.3 is 0 Å². The zero-order valence-electron chi connectivity index (χ0n) is 25.4. The molecule has 0 radical (unpaired) electrons. The second-order valence-corrected chi connectivity index (χ2v) is 11.9. The van der Waals surface area contributed by atoms with Gasteiger partial charge in [0.1, 0.15) is 6.10 Å². The summed E-state index contributed by atoms with van der Waals surface area (Å²) in [6.07, 6.45) is 1.06. The Morgan fingerprint density at radius 1 is 1.02 bits per heavy atom. The van der Waals surface area contributed by atoms with Crippen LogP contribution in [-0.4, -0.2) is 78.8 Å². The topological polar surface area (TPSA) is 91.3 Å². The largest absolute Gasteiger partial charge is 0.486 e. The number of aliphatic hydroxyl groups is 1. The monoisotopic (exact) mass is 585 g/mol. The molecule has 2 heterocycles. The number of ether oxygens (including phenoxy) is 2. The summed E-state index contributed by atoms with van der Waals surface area (Å²) in [6.45, 7) is 6.70. The molecule has 43 heavy (non-hydrogen) atoms. The average molecular weight is 586 g/mol. The molecule has 8 nitrogen and oxygen atoms in total. The van der Waals surface area contributed by atoms with Crippen LogP contribution in [0, 0.1) is 11.8 Å². The van der Waals surface area contributed by atoms with E-state index in [2.05, 4.69) is 60.6 Å². The van der Waals surface area contributed by atoms with E-state index in [0.29, 0.717) is 56.1 Å². The van der Waals surface area contributed by atoms with Gasteiger partial charge in [0.2, 0.25) is 5.91 Å². The van der Waals surface area contributed by atoms with Gasteiger partial charge in [0.15, 0.2) is 5.75 Å². The molecule has 8 heteroatoms. The maximum Gasteiger partial charge on any atom is 0.258 e. The minimum absolute atomic E-state index is 0.0340. The summed E-state index contributed by atoms with van der Waals surface area (Å²) in [6, 6.07) is 23.9. The number of para-hydroxylation sites is 1. The Bertz CT molecular complexity index is 1370. The standard InChI is InChI=1S/C35H43N3O5/c1-24-20-38(25(2)23-39)35(41)30-10-7-11-31(36-34(40)29-16-18-42-19-17-29)33(30)43-32(24)22-37(3)21-26-12-14-28(15-13-26)27-8-5-4-6-9-27/h4-15,24-25,29,32,39H,16-23H2,1-3H3,(H,36,40)/t24-,25+,32+/m0/s1. The van der Waals surface area contributed by atoms with E-state index in [1.807, 2.05) is 25.1 Å². The van der Waals surface area contributed by atoms with Crippen LogP contribution in [0.4, 0.5) is 5.69 Å². The van der Waals surface area contributed by atoms with Crippen LogP contribution in [0.5, 0.6) is 5.75 Å². The molecule has 2 aliphatic rings. The third-order valence-corrected chi connectivity index (χ3v) is 8.55. The SMILES string of the molecule is C[C@H](CO)N1C[C@H](C)[C@@H](CN(C)Cc2ccc(-c3ccccc3)cc2)Oc2c(NC(=O)C3CCOCC3)cccc2C1=O. The van der Waals surface area contributed by atoms with Crippen molar-refractivity contribution in [3.05, 3.63) is 83.9 Å². The number of fused-ring (bicyclic) bond motifs is 1. The van der Waals surface area contributed by atoms with Crippen LogP contribution in [0.3, 0.4) is 0 Å². The number of nitrogens with one attached hydrogen (secondary N) is 1. The van der Waals surface area contributed by atoms with E-state index in [4.69, 9.17) is 9.47 Å². The normalized spacial score (nSPS) is 20.1. The molecule has 0 aromatic heterocycles. The van der Waals surface area contributed by atoms with E-state index in [1.54, 1.807) is 23.1 Å². The molecule has 0 unspecified atom stereocenters. The Morgan fingerprint density at radius 3 is 2.42 bits per heavy atom. The van der Waals surface area contributed by atoms with E-state index in [9.17, 15) is 14.7 Å². The fourth-order valence-corrected chi connectivity index (χ4v) is 5.87. The van der Waals surface area contributed by atoms with Gasteiger partial charge in [0.05, 0.1) is 23.9 Å². The molecule has 0 saturated carbocycles. The lowest BCUT2D eigenvalue weighted by Crippen LogP contribution is -2.49. The molecule has 5 rings (SSSR count). The summed E-state index contributed by atoms with van der Waals surface area (Å²) in [5.74, 6) is -0.0886. The predicted molar refractivity (Wildman–Crippen MR) is 168 cm³/mol. The van der Waals surface area contributed by atoms with Gasteiger partial charge in [0, 0.05) is 44.7 Å². The van der Waals surface area contributed by atoms with Crippen LogP contribution < -0.4 is 10.1 Å². The van der Waals surface area contributed by atoms with Gasteiger partial charge in [-0.3, -0.25) is 14.5 Å². The number of amides is 2. The van der Waals surface area contributed by atoms with Gasteiger partial charge < -0.3 is 24.8 Å². The molecule has 228 valence electrons. The second kappa shape index (κ2) is 14.2. The Hall–Kier alpha value is -3.72. The number of benzene rings is 3. The Balaban J connectivity index is 1.37. The number of nitrogens with zero attached hydrogens (tertiary/aromatic N) is 2. The molecule has 0 bridgehead atoms. The lowest BCUT2D eigenvalue weighted by atomic mass is 9.98. The fraction of sp³-hybridized carbons (Fsp3) is 0.429. The number of rotatable bonds is 9. The molecule has 2 aliphatic heterocycles. The summed E-state index contributed by atoms with van der Waals surface area (Å²) >= 11 is 0. The molecule has 1 fully saturated rings. The number of likely N-dealkylation sites (N-methyl/N-ethyl adjacent to an activating group) is 1. The molecular formula is C35H43N3O5. The zero-order valence-corrected chi connectivity index (χ0v) is 25.4. The van der Waals surface area contributed by atoms with Crippen molar-refractivity contribution in [2.24, 2.45) is 11.8 Å². The molecular weight excluding hydrogens is 542 g/mol. The van der Waals surface area contributed by atoms with E-state index >= 15 is 0 Å². The number of hydrogen-bond donors (Lipinski definition) is 2. The minimum Gasteiger partial charge on any atom is -0.486 e. The highest BCUT2D eigenvalue weighted by atomic mass is 16.5. The van der Waals surface area contributed by atoms with Gasteiger partial charge in [-0.1, -0.05) is 67.6 Å². The maximum atomic E-state index is 13.8. The second-order valence-electron chi connectivity index (χ2n) is 11.9. The predicted octanol–water partition coefficient (Wildman–Crippen LogP) is 5.07. The molecule has 0 spiro atoms. The van der Waals surface area contributed by atoms with Crippen LogP contribution in [0.2, 0.25) is 0 Å². The van der Waals surface area contributed by atoms with Crippen LogP contribution in [0.25, 0.3) is 11.1 Å². The lowest BCUT2D eigenvalue weighted by Gasteiger charge is -2.38.